The number of phosphoric acid groups is 1. The highest BCUT2D eigenvalue weighted by Crippen LogP contribution is 2.33. The van der Waals surface area contributed by atoms with Gasteiger partial charge in [-0.25, -0.2) is 0 Å². The van der Waals surface area contributed by atoms with Crippen molar-refractivity contribution in [3.63, 3.8) is 0 Å². The van der Waals surface area contributed by atoms with E-state index in [1.165, 1.54) is 64.2 Å². The molecule has 27 heavy (non-hydrogen) atoms. The largest absolute Gasteiger partial charge is 0.790 e. The van der Waals surface area contributed by atoms with Crippen LogP contribution in [0.3, 0.4) is 0 Å². The van der Waals surface area contributed by atoms with Gasteiger partial charge in [0.2, 0.25) is 0 Å². The van der Waals surface area contributed by atoms with Crippen LogP contribution in [-0.2, 0) is 13.8 Å². The minimum absolute atomic E-state index is 0.139. The fraction of sp³-hybridized carbons (Fsp3) is 1.00. The van der Waals surface area contributed by atoms with E-state index in [4.69, 9.17) is 14.9 Å². The molecule has 3 atom stereocenters. The molecule has 162 valence electrons. The summed E-state index contributed by atoms with van der Waals surface area (Å²) in [7, 11) is -5.10. The normalized spacial score (nSPS) is 30.1. The number of phosphoric ester groups is 1. The Morgan fingerprint density at radius 2 is 1.41 bits per heavy atom. The topological polar surface area (TPSA) is 177 Å². The highest BCUT2D eigenvalue weighted by molar-refractivity contribution is 7.43. The molecule has 10 heteroatoms. The second-order valence-corrected chi connectivity index (χ2v) is 8.76. The maximum Gasteiger partial charge on any atom is 0.165 e. The van der Waals surface area contributed by atoms with Crippen molar-refractivity contribution in [2.75, 3.05) is 6.61 Å². The highest BCUT2D eigenvalue weighted by Gasteiger charge is 2.34. The summed E-state index contributed by atoms with van der Waals surface area (Å²) in [4.78, 5) is 20.2. The SMILES string of the molecule is O=P([O-])([O-])O[C@@H]1C[C@H](O)[C@@H](CO)O1.[NH3+]C1CCCCC1.[NH3+]C1CCCCC1. The Labute approximate surface area is 161 Å². The molecule has 0 amide bonds. The van der Waals surface area contributed by atoms with Crippen molar-refractivity contribution in [1.82, 2.24) is 0 Å². The highest BCUT2D eigenvalue weighted by atomic mass is 31.2. The van der Waals surface area contributed by atoms with Gasteiger partial charge in [0, 0.05) is 6.42 Å². The second-order valence-electron chi connectivity index (χ2n) is 7.65. The van der Waals surface area contributed by atoms with Gasteiger partial charge >= 0.3 is 0 Å². The first-order valence-electron chi connectivity index (χ1n) is 10.0. The summed E-state index contributed by atoms with van der Waals surface area (Å²) in [6, 6.07) is 1.57. The van der Waals surface area contributed by atoms with Gasteiger partial charge in [0.25, 0.3) is 0 Å². The van der Waals surface area contributed by atoms with Crippen LogP contribution in [-0.4, -0.2) is 47.4 Å². The maximum absolute atomic E-state index is 10.1. The average Bonchev–Trinajstić information content (AvgIpc) is 2.95. The first-order chi connectivity index (χ1) is 12.7. The standard InChI is InChI=1S/2C6H13N.C5H11O7P/c2*7-6-4-2-1-3-5-6;6-2-4-3(7)1-5(11-4)12-13(8,9)10/h2*6H,1-5,7H2;3-7H,1-2H2,(H2,8,9,10)/t;;3-,4+,5+/m..0/s1. The Hall–Kier alpha value is -0.0900. The predicted molar refractivity (Wildman–Crippen MR) is 94.6 cm³/mol. The molecule has 0 spiro atoms. The number of hydrogen-bond donors (Lipinski definition) is 4. The fourth-order valence-electron chi connectivity index (χ4n) is 3.44. The van der Waals surface area contributed by atoms with Crippen LogP contribution in [0, 0.1) is 0 Å². The molecule has 1 saturated heterocycles. The molecular formula is C17H37N2O7P. The maximum atomic E-state index is 10.1. The molecule has 0 radical (unpaired) electrons. The van der Waals surface area contributed by atoms with Crippen LogP contribution in [0.4, 0.5) is 0 Å². The number of aliphatic hydroxyl groups excluding tert-OH is 2. The van der Waals surface area contributed by atoms with E-state index in [1.807, 2.05) is 0 Å². The molecule has 3 fully saturated rings. The molecule has 8 N–H and O–H groups in total. The van der Waals surface area contributed by atoms with Gasteiger partial charge in [0.1, 0.15) is 6.10 Å². The Kier molecular flexibility index (Phi) is 12.2. The monoisotopic (exact) mass is 412 g/mol. The number of rotatable bonds is 3. The summed E-state index contributed by atoms with van der Waals surface area (Å²) in [5.41, 5.74) is 8.00. The van der Waals surface area contributed by atoms with Crippen LogP contribution >= 0.6 is 7.82 Å². The fourth-order valence-corrected chi connectivity index (χ4v) is 3.86. The van der Waals surface area contributed by atoms with Crippen molar-refractivity contribution in [3.05, 3.63) is 0 Å². The summed E-state index contributed by atoms with van der Waals surface area (Å²) in [5.74, 6) is 0. The third kappa shape index (κ3) is 12.2. The van der Waals surface area contributed by atoms with Gasteiger partial charge in [0.15, 0.2) is 6.29 Å². The van der Waals surface area contributed by atoms with Crippen molar-refractivity contribution < 1.29 is 45.3 Å². The van der Waals surface area contributed by atoms with Crippen LogP contribution in [0.15, 0.2) is 0 Å². The third-order valence-electron chi connectivity index (χ3n) is 5.07. The molecule has 9 nitrogen and oxygen atoms in total. The summed E-state index contributed by atoms with van der Waals surface area (Å²) in [5, 5.41) is 17.7. The zero-order chi connectivity index (χ0) is 20.3. The Morgan fingerprint density at radius 1 is 0.963 bits per heavy atom. The molecule has 0 aromatic carbocycles. The van der Waals surface area contributed by atoms with Crippen molar-refractivity contribution in [2.24, 2.45) is 0 Å². The molecule has 0 aromatic heterocycles. The predicted octanol–water partition coefficient (Wildman–Crippen LogP) is -1.58. The first kappa shape index (κ1) is 24.9. The van der Waals surface area contributed by atoms with Gasteiger partial charge in [-0.1, -0.05) is 12.8 Å². The van der Waals surface area contributed by atoms with E-state index in [0.29, 0.717) is 0 Å². The third-order valence-corrected chi connectivity index (χ3v) is 5.56. The van der Waals surface area contributed by atoms with E-state index in [0.717, 1.165) is 12.1 Å². The van der Waals surface area contributed by atoms with Crippen LogP contribution < -0.4 is 21.3 Å². The van der Waals surface area contributed by atoms with Gasteiger partial charge in [-0.15, -0.1) is 0 Å². The number of hydrogen-bond acceptors (Lipinski definition) is 7. The Bertz CT molecular complexity index is 410. The Balaban J connectivity index is 0.000000220. The molecule has 0 aromatic rings. The lowest BCUT2D eigenvalue weighted by Crippen LogP contribution is -2.61. The molecule has 0 bridgehead atoms. The zero-order valence-electron chi connectivity index (χ0n) is 16.2. The summed E-state index contributed by atoms with van der Waals surface area (Å²) in [6.45, 7) is -0.455. The van der Waals surface area contributed by atoms with Crippen LogP contribution in [0.25, 0.3) is 0 Å². The Morgan fingerprint density at radius 3 is 1.67 bits per heavy atom. The van der Waals surface area contributed by atoms with E-state index < -0.39 is 32.9 Å². The molecule has 3 aliphatic rings. The molecule has 1 aliphatic heterocycles. The van der Waals surface area contributed by atoms with Gasteiger partial charge in [-0.3, -0.25) is 0 Å². The number of aliphatic hydroxyl groups is 2. The van der Waals surface area contributed by atoms with E-state index in [9.17, 15) is 14.4 Å². The smallest absolute Gasteiger partial charge is 0.165 e. The van der Waals surface area contributed by atoms with Gasteiger partial charge in [0.05, 0.1) is 32.6 Å². The number of quaternary nitrogens is 2. The average molecular weight is 412 g/mol. The molecule has 1 heterocycles. The van der Waals surface area contributed by atoms with Gasteiger partial charge in [-0.2, -0.15) is 0 Å². The van der Waals surface area contributed by atoms with Gasteiger partial charge in [-0.05, 0) is 51.4 Å². The lowest BCUT2D eigenvalue weighted by atomic mass is 9.97. The lowest BCUT2D eigenvalue weighted by Gasteiger charge is -2.31. The quantitative estimate of drug-likeness (QED) is 0.404. The van der Waals surface area contributed by atoms with Crippen LogP contribution in [0.2, 0.25) is 0 Å². The van der Waals surface area contributed by atoms with E-state index in [-0.39, 0.29) is 6.42 Å². The molecule has 2 saturated carbocycles. The van der Waals surface area contributed by atoms with Gasteiger partial charge < -0.3 is 45.3 Å². The van der Waals surface area contributed by atoms with E-state index in [1.54, 1.807) is 0 Å². The molecule has 2 aliphatic carbocycles. The lowest BCUT2D eigenvalue weighted by molar-refractivity contribution is -0.425. The minimum Gasteiger partial charge on any atom is -0.790 e. The minimum atomic E-state index is -5.10. The van der Waals surface area contributed by atoms with Crippen molar-refractivity contribution in [1.29, 1.82) is 0 Å². The van der Waals surface area contributed by atoms with Crippen LogP contribution in [0.5, 0.6) is 0 Å². The molecule has 3 rings (SSSR count). The first-order valence-corrected chi connectivity index (χ1v) is 11.5. The van der Waals surface area contributed by atoms with E-state index in [2.05, 4.69) is 16.0 Å². The summed E-state index contributed by atoms with van der Waals surface area (Å²) in [6.07, 6.45) is 10.8. The number of ether oxygens (including phenoxy) is 1. The van der Waals surface area contributed by atoms with Crippen molar-refractivity contribution in [2.45, 2.75) is 101 Å². The van der Waals surface area contributed by atoms with E-state index >= 15 is 0 Å². The van der Waals surface area contributed by atoms with Crippen molar-refractivity contribution in [3.8, 4) is 0 Å². The zero-order valence-corrected chi connectivity index (χ0v) is 17.1. The summed E-state index contributed by atoms with van der Waals surface area (Å²) >= 11 is 0. The molecular weight excluding hydrogens is 375 g/mol. The molecule has 0 unspecified atom stereocenters. The van der Waals surface area contributed by atoms with Crippen molar-refractivity contribution >= 4 is 7.82 Å². The second kappa shape index (κ2) is 13.2. The van der Waals surface area contributed by atoms with Crippen LogP contribution in [0.1, 0.15) is 70.6 Å². The summed E-state index contributed by atoms with van der Waals surface area (Å²) < 4.78 is 18.8.